The number of anilines is 4. The summed E-state index contributed by atoms with van der Waals surface area (Å²) in [6.07, 6.45) is 1.82. The molecule has 0 amide bonds. The van der Waals surface area contributed by atoms with E-state index < -0.39 is 0 Å². The summed E-state index contributed by atoms with van der Waals surface area (Å²) in [7, 11) is 0. The molecule has 5 nitrogen and oxygen atoms in total. The van der Waals surface area contributed by atoms with Crippen LogP contribution in [0.1, 0.15) is 16.7 Å². The Morgan fingerprint density at radius 1 is 0.659 bits per heavy atom. The molecule has 0 saturated carbocycles. The molecule has 0 spiro atoms. The third-order valence-electron chi connectivity index (χ3n) is 8.41. The van der Waals surface area contributed by atoms with Gasteiger partial charge in [-0.05, 0) is 80.4 Å². The second-order valence-electron chi connectivity index (χ2n) is 11.5. The smallest absolute Gasteiger partial charge is 0.139 e. The van der Waals surface area contributed by atoms with Crippen molar-refractivity contribution in [1.82, 2.24) is 4.98 Å². The second kappa shape index (κ2) is 10.3. The number of hydrogen-bond acceptors (Lipinski definition) is 5. The van der Waals surface area contributed by atoms with Gasteiger partial charge in [0.2, 0.25) is 0 Å². The van der Waals surface area contributed by atoms with Gasteiger partial charge in [-0.25, -0.2) is 0 Å². The molecule has 1 aliphatic heterocycles. The Morgan fingerprint density at radius 3 is 2.20 bits per heavy atom. The van der Waals surface area contributed by atoms with Gasteiger partial charge in [0.1, 0.15) is 29.3 Å². The van der Waals surface area contributed by atoms with Gasteiger partial charge in [-0.2, -0.15) is 0 Å². The van der Waals surface area contributed by atoms with E-state index >= 15 is 0 Å². The van der Waals surface area contributed by atoms with E-state index in [1.54, 1.807) is 0 Å². The van der Waals surface area contributed by atoms with Crippen molar-refractivity contribution < 1.29 is 9.15 Å². The third kappa shape index (κ3) is 4.36. The predicted octanol–water partition coefficient (Wildman–Crippen LogP) is 10.6. The Labute approximate surface area is 256 Å². The van der Waals surface area contributed by atoms with Crippen molar-refractivity contribution in [3.8, 4) is 22.8 Å². The molecule has 0 atom stereocenters. The van der Waals surface area contributed by atoms with Gasteiger partial charge in [0.05, 0.1) is 17.1 Å². The van der Waals surface area contributed by atoms with E-state index in [4.69, 9.17) is 9.15 Å². The molecule has 5 heteroatoms. The molecule has 214 valence electrons. The van der Waals surface area contributed by atoms with Crippen molar-refractivity contribution in [3.63, 3.8) is 0 Å². The third-order valence-corrected chi connectivity index (χ3v) is 8.41. The van der Waals surface area contributed by atoms with Crippen LogP contribution >= 0.6 is 0 Å². The van der Waals surface area contributed by atoms with Crippen LogP contribution in [0.25, 0.3) is 33.2 Å². The van der Waals surface area contributed by atoms with Crippen LogP contribution in [0.15, 0.2) is 126 Å². The summed E-state index contributed by atoms with van der Waals surface area (Å²) in [5.41, 5.74) is 12.0. The molecule has 0 bridgehead atoms. The standard InChI is InChI=1S/C39H31N3O2/c1-25-19-26(2)39(27(3)20-25)42-24-41(34-15-5-6-16-35(34)42)28-11-10-12-29(21-28)43-30-22-32(33-14-8-9-18-40-33)38-31-13-4-7-17-36(31)44-37(38)23-30/h4-23H,24H2,1-3H3. The number of hydrogen-bond donors (Lipinski definition) is 0. The molecule has 2 aromatic heterocycles. The van der Waals surface area contributed by atoms with Gasteiger partial charge in [0, 0.05) is 46.0 Å². The van der Waals surface area contributed by atoms with Gasteiger partial charge in [-0.3, -0.25) is 4.98 Å². The molecule has 0 radical (unpaired) electrons. The van der Waals surface area contributed by atoms with E-state index in [1.165, 1.54) is 33.8 Å². The number of ether oxygens (including phenoxy) is 1. The van der Waals surface area contributed by atoms with E-state index in [2.05, 4.69) is 102 Å². The summed E-state index contributed by atoms with van der Waals surface area (Å²) in [5, 5.41) is 2.10. The van der Waals surface area contributed by atoms with Crippen LogP contribution in [0.5, 0.6) is 11.5 Å². The maximum atomic E-state index is 6.57. The van der Waals surface area contributed by atoms with Crippen LogP contribution in [0.3, 0.4) is 0 Å². The fourth-order valence-electron chi connectivity index (χ4n) is 6.69. The van der Waals surface area contributed by atoms with Crippen molar-refractivity contribution in [3.05, 3.63) is 138 Å². The zero-order valence-corrected chi connectivity index (χ0v) is 24.9. The highest BCUT2D eigenvalue weighted by molar-refractivity contribution is 6.12. The number of aromatic nitrogens is 1. The van der Waals surface area contributed by atoms with E-state index in [1.807, 2.05) is 54.7 Å². The summed E-state index contributed by atoms with van der Waals surface area (Å²) in [5.74, 6) is 1.45. The molecule has 0 N–H and O–H groups in total. The highest BCUT2D eigenvalue weighted by Gasteiger charge is 2.29. The van der Waals surface area contributed by atoms with Crippen LogP contribution in [-0.4, -0.2) is 11.7 Å². The zero-order chi connectivity index (χ0) is 29.8. The Balaban J connectivity index is 1.18. The van der Waals surface area contributed by atoms with Crippen molar-refractivity contribution in [1.29, 1.82) is 0 Å². The van der Waals surface area contributed by atoms with Crippen molar-refractivity contribution in [2.24, 2.45) is 0 Å². The first-order valence-electron chi connectivity index (χ1n) is 14.9. The molecule has 1 aliphatic rings. The zero-order valence-electron chi connectivity index (χ0n) is 24.9. The Kier molecular flexibility index (Phi) is 6.12. The minimum absolute atomic E-state index is 0.698. The Morgan fingerprint density at radius 2 is 1.41 bits per heavy atom. The van der Waals surface area contributed by atoms with Gasteiger partial charge in [-0.1, -0.05) is 60.2 Å². The van der Waals surface area contributed by atoms with E-state index in [-0.39, 0.29) is 0 Å². The first kappa shape index (κ1) is 26.1. The molecule has 8 rings (SSSR count). The summed E-state index contributed by atoms with van der Waals surface area (Å²) in [6, 6.07) is 39.6. The minimum atomic E-state index is 0.698. The van der Waals surface area contributed by atoms with Gasteiger partial charge < -0.3 is 19.0 Å². The molecule has 3 heterocycles. The fraction of sp³-hybridized carbons (Fsp3) is 0.103. The molecule has 0 fully saturated rings. The average Bonchev–Trinajstić information content (AvgIpc) is 3.60. The summed E-state index contributed by atoms with van der Waals surface area (Å²) >= 11 is 0. The summed E-state index contributed by atoms with van der Waals surface area (Å²) < 4.78 is 12.9. The lowest BCUT2D eigenvalue weighted by atomic mass is 10.0. The van der Waals surface area contributed by atoms with Gasteiger partial charge in [-0.15, -0.1) is 0 Å². The molecule has 0 unspecified atom stereocenters. The minimum Gasteiger partial charge on any atom is -0.457 e. The maximum absolute atomic E-state index is 6.57. The van der Waals surface area contributed by atoms with Gasteiger partial charge in [0.15, 0.2) is 0 Å². The summed E-state index contributed by atoms with van der Waals surface area (Å²) in [4.78, 5) is 9.43. The molecular formula is C39H31N3O2. The Bertz CT molecular complexity index is 2160. The number of rotatable bonds is 5. The van der Waals surface area contributed by atoms with Crippen LogP contribution in [0, 0.1) is 20.8 Å². The molecule has 0 aliphatic carbocycles. The van der Waals surface area contributed by atoms with Crippen LogP contribution in [-0.2, 0) is 0 Å². The van der Waals surface area contributed by atoms with E-state index in [0.717, 1.165) is 44.6 Å². The van der Waals surface area contributed by atoms with Gasteiger partial charge in [0.25, 0.3) is 0 Å². The van der Waals surface area contributed by atoms with Crippen LogP contribution in [0.2, 0.25) is 0 Å². The number of furan rings is 1. The number of fused-ring (bicyclic) bond motifs is 4. The SMILES string of the molecule is Cc1cc(C)c(N2CN(c3cccc(Oc4cc(-c5ccccn5)c5c(c4)oc4ccccc45)c3)c3ccccc32)c(C)c1. The quantitative estimate of drug-likeness (QED) is 0.205. The van der Waals surface area contributed by atoms with Gasteiger partial charge >= 0.3 is 0 Å². The lowest BCUT2D eigenvalue weighted by Gasteiger charge is -2.25. The summed E-state index contributed by atoms with van der Waals surface area (Å²) in [6.45, 7) is 7.27. The van der Waals surface area contributed by atoms with Crippen LogP contribution < -0.4 is 14.5 Å². The molecule has 5 aromatic carbocycles. The maximum Gasteiger partial charge on any atom is 0.139 e. The number of benzene rings is 5. The second-order valence-corrected chi connectivity index (χ2v) is 11.5. The molecule has 0 saturated heterocycles. The Hall–Kier alpha value is -5.55. The highest BCUT2D eigenvalue weighted by atomic mass is 16.5. The first-order valence-corrected chi connectivity index (χ1v) is 14.9. The number of nitrogens with zero attached hydrogens (tertiary/aromatic N) is 3. The molecular weight excluding hydrogens is 542 g/mol. The number of aryl methyl sites for hydroxylation is 3. The van der Waals surface area contributed by atoms with Crippen molar-refractivity contribution in [2.45, 2.75) is 20.8 Å². The van der Waals surface area contributed by atoms with Crippen LogP contribution in [0.4, 0.5) is 22.7 Å². The largest absolute Gasteiger partial charge is 0.457 e. The monoisotopic (exact) mass is 573 g/mol. The fourth-order valence-corrected chi connectivity index (χ4v) is 6.69. The first-order chi connectivity index (χ1) is 21.5. The lowest BCUT2D eigenvalue weighted by Crippen LogP contribution is -2.25. The average molecular weight is 574 g/mol. The van der Waals surface area contributed by atoms with Crippen molar-refractivity contribution in [2.75, 3.05) is 16.5 Å². The predicted molar refractivity (Wildman–Crippen MR) is 180 cm³/mol. The molecule has 7 aromatic rings. The van der Waals surface area contributed by atoms with Crippen molar-refractivity contribution >= 4 is 44.7 Å². The topological polar surface area (TPSA) is 41.7 Å². The normalized spacial score (nSPS) is 12.7. The number of para-hydroxylation sites is 3. The highest BCUT2D eigenvalue weighted by Crippen LogP contribution is 2.47. The lowest BCUT2D eigenvalue weighted by molar-refractivity contribution is 0.482. The number of pyridine rings is 1. The molecule has 44 heavy (non-hydrogen) atoms. The van der Waals surface area contributed by atoms with E-state index in [0.29, 0.717) is 12.4 Å². The van der Waals surface area contributed by atoms with E-state index in [9.17, 15) is 0 Å².